The molecule has 1 aliphatic carbocycles. The van der Waals surface area contributed by atoms with Crippen molar-refractivity contribution in [3.63, 3.8) is 0 Å². The Morgan fingerprint density at radius 3 is 2.48 bits per heavy atom. The van der Waals surface area contributed by atoms with E-state index in [1.54, 1.807) is 0 Å². The second-order valence-corrected chi connectivity index (χ2v) is 8.62. The van der Waals surface area contributed by atoms with Crippen LogP contribution in [0.3, 0.4) is 0 Å². The molecule has 3 N–H and O–H groups in total. The van der Waals surface area contributed by atoms with Crippen molar-refractivity contribution in [2.24, 2.45) is 10.9 Å². The van der Waals surface area contributed by atoms with Gasteiger partial charge in [0.05, 0.1) is 12.6 Å². The van der Waals surface area contributed by atoms with E-state index in [9.17, 15) is 5.11 Å². The smallest absolute Gasteiger partial charge is 0.191 e. The first kappa shape index (κ1) is 24.4. The van der Waals surface area contributed by atoms with Gasteiger partial charge in [-0.05, 0) is 75.6 Å². The zero-order valence-electron chi connectivity index (χ0n) is 18.1. The minimum Gasteiger partial charge on any atom is -0.393 e. The molecule has 29 heavy (non-hydrogen) atoms. The number of likely N-dealkylation sites (tertiary alicyclic amines) is 1. The van der Waals surface area contributed by atoms with Gasteiger partial charge < -0.3 is 15.7 Å². The van der Waals surface area contributed by atoms with Crippen molar-refractivity contribution in [3.05, 3.63) is 35.4 Å². The number of rotatable bonds is 6. The zero-order chi connectivity index (χ0) is 19.8. The van der Waals surface area contributed by atoms with Crippen LogP contribution in [0.25, 0.3) is 0 Å². The highest BCUT2D eigenvalue weighted by molar-refractivity contribution is 14.0. The molecule has 0 aromatic heterocycles. The normalized spacial score (nSPS) is 24.0. The van der Waals surface area contributed by atoms with Crippen LogP contribution in [0, 0.1) is 5.92 Å². The Hall–Kier alpha value is -0.860. The summed E-state index contributed by atoms with van der Waals surface area (Å²) in [5.74, 6) is 1.76. The summed E-state index contributed by atoms with van der Waals surface area (Å²) in [7, 11) is 0. The molecule has 0 bridgehead atoms. The van der Waals surface area contributed by atoms with Crippen LogP contribution in [0.1, 0.15) is 63.5 Å². The topological polar surface area (TPSA) is 59.9 Å². The summed E-state index contributed by atoms with van der Waals surface area (Å²) in [5, 5.41) is 16.6. The van der Waals surface area contributed by atoms with Gasteiger partial charge in [0.2, 0.25) is 0 Å². The van der Waals surface area contributed by atoms with E-state index in [1.807, 2.05) is 0 Å². The molecule has 3 rings (SSSR count). The highest BCUT2D eigenvalue weighted by Crippen LogP contribution is 2.19. The highest BCUT2D eigenvalue weighted by Gasteiger charge is 2.20. The number of aliphatic imine (C=N–C) groups is 1. The van der Waals surface area contributed by atoms with E-state index in [2.05, 4.69) is 53.6 Å². The lowest BCUT2D eigenvalue weighted by Crippen LogP contribution is -2.45. The fourth-order valence-electron chi connectivity index (χ4n) is 4.21. The number of nitrogens with one attached hydrogen (secondary N) is 2. The monoisotopic (exact) mass is 514 g/mol. The van der Waals surface area contributed by atoms with Crippen LogP contribution < -0.4 is 10.6 Å². The van der Waals surface area contributed by atoms with Gasteiger partial charge in [0.15, 0.2) is 5.96 Å². The van der Waals surface area contributed by atoms with Crippen LogP contribution in [-0.2, 0) is 13.1 Å². The summed E-state index contributed by atoms with van der Waals surface area (Å²) in [6, 6.07) is 9.29. The van der Waals surface area contributed by atoms with Gasteiger partial charge in [0.1, 0.15) is 0 Å². The molecule has 0 unspecified atom stereocenters. The first-order valence-corrected chi connectivity index (χ1v) is 11.2. The average molecular weight is 514 g/mol. The van der Waals surface area contributed by atoms with Crippen LogP contribution in [-0.4, -0.2) is 47.7 Å². The molecule has 1 aromatic carbocycles. The largest absolute Gasteiger partial charge is 0.393 e. The summed E-state index contributed by atoms with van der Waals surface area (Å²) >= 11 is 0. The zero-order valence-corrected chi connectivity index (χ0v) is 20.4. The fraction of sp³-hybridized carbons (Fsp3) is 0.696. The molecular formula is C23H39IN4O. The van der Waals surface area contributed by atoms with Gasteiger partial charge in [0.25, 0.3) is 0 Å². The van der Waals surface area contributed by atoms with Gasteiger partial charge >= 0.3 is 0 Å². The lowest BCUT2D eigenvalue weighted by molar-refractivity contribution is 0.120. The van der Waals surface area contributed by atoms with Crippen molar-refractivity contribution in [1.82, 2.24) is 15.5 Å². The molecule has 1 saturated carbocycles. The third kappa shape index (κ3) is 8.42. The minimum absolute atomic E-state index is 0. The molecule has 1 saturated heterocycles. The number of guanidine groups is 1. The van der Waals surface area contributed by atoms with Crippen molar-refractivity contribution < 1.29 is 5.11 Å². The third-order valence-corrected chi connectivity index (χ3v) is 6.08. The number of piperidine rings is 1. The third-order valence-electron chi connectivity index (χ3n) is 6.08. The molecule has 164 valence electrons. The molecule has 0 spiro atoms. The summed E-state index contributed by atoms with van der Waals surface area (Å²) in [4.78, 5) is 7.39. The van der Waals surface area contributed by atoms with E-state index in [-0.39, 0.29) is 30.1 Å². The molecule has 1 aliphatic heterocycles. The summed E-state index contributed by atoms with van der Waals surface area (Å²) < 4.78 is 0. The van der Waals surface area contributed by atoms with Gasteiger partial charge in [-0.3, -0.25) is 4.90 Å². The van der Waals surface area contributed by atoms with E-state index in [1.165, 1.54) is 37.1 Å². The number of benzene rings is 1. The maximum Gasteiger partial charge on any atom is 0.191 e. The summed E-state index contributed by atoms with van der Waals surface area (Å²) in [6.07, 6.45) is 6.30. The van der Waals surface area contributed by atoms with E-state index >= 15 is 0 Å². The predicted molar refractivity (Wildman–Crippen MR) is 132 cm³/mol. The summed E-state index contributed by atoms with van der Waals surface area (Å²) in [5.41, 5.74) is 2.65. The standard InChI is InChI=1S/C23H38N4O.HI/c1-3-24-23(26-21-7-9-22(28)10-8-21)25-16-19-5-4-6-20(15-19)17-27-13-11-18(2)12-14-27;/h4-6,15,18,21-22,28H,3,7-14,16-17H2,1-2H3,(H2,24,25,26);1H. The first-order valence-electron chi connectivity index (χ1n) is 11.2. The molecular weight excluding hydrogens is 475 g/mol. The Kier molecular flexibility index (Phi) is 10.7. The van der Waals surface area contributed by atoms with Crippen LogP contribution in [0.4, 0.5) is 0 Å². The molecule has 2 aliphatic rings. The molecule has 1 aromatic rings. The number of aliphatic hydroxyl groups excluding tert-OH is 1. The van der Waals surface area contributed by atoms with Crippen LogP contribution in [0.5, 0.6) is 0 Å². The lowest BCUT2D eigenvalue weighted by atomic mass is 9.93. The molecule has 1 heterocycles. The Balaban J connectivity index is 0.00000300. The van der Waals surface area contributed by atoms with E-state index < -0.39 is 0 Å². The Labute approximate surface area is 193 Å². The Bertz CT molecular complexity index is 623. The maximum atomic E-state index is 9.70. The number of halogens is 1. The second kappa shape index (κ2) is 12.7. The summed E-state index contributed by atoms with van der Waals surface area (Å²) in [6.45, 7) is 9.49. The van der Waals surface area contributed by atoms with Crippen LogP contribution in [0.2, 0.25) is 0 Å². The molecule has 2 fully saturated rings. The molecule has 0 amide bonds. The second-order valence-electron chi connectivity index (χ2n) is 8.62. The highest BCUT2D eigenvalue weighted by atomic mass is 127. The average Bonchev–Trinajstić information content (AvgIpc) is 2.70. The van der Waals surface area contributed by atoms with Crippen molar-refractivity contribution in [1.29, 1.82) is 0 Å². The quantitative estimate of drug-likeness (QED) is 0.306. The van der Waals surface area contributed by atoms with Crippen LogP contribution >= 0.6 is 24.0 Å². The molecule has 5 nitrogen and oxygen atoms in total. The fourth-order valence-corrected chi connectivity index (χ4v) is 4.21. The van der Waals surface area contributed by atoms with E-state index in [0.29, 0.717) is 12.6 Å². The van der Waals surface area contributed by atoms with Crippen molar-refractivity contribution in [2.45, 2.75) is 77.6 Å². The Morgan fingerprint density at radius 2 is 1.79 bits per heavy atom. The minimum atomic E-state index is -0.122. The van der Waals surface area contributed by atoms with Crippen LogP contribution in [0.15, 0.2) is 29.3 Å². The van der Waals surface area contributed by atoms with Gasteiger partial charge in [-0.25, -0.2) is 4.99 Å². The molecule has 0 atom stereocenters. The number of hydrogen-bond acceptors (Lipinski definition) is 3. The SMILES string of the molecule is CCNC(=NCc1cccc(CN2CCC(C)CC2)c1)NC1CCC(O)CC1.I. The van der Waals surface area contributed by atoms with Crippen molar-refractivity contribution >= 4 is 29.9 Å². The Morgan fingerprint density at radius 1 is 1.10 bits per heavy atom. The molecule has 0 radical (unpaired) electrons. The van der Waals surface area contributed by atoms with Gasteiger partial charge in [-0.2, -0.15) is 0 Å². The predicted octanol–water partition coefficient (Wildman–Crippen LogP) is 3.90. The lowest BCUT2D eigenvalue weighted by Gasteiger charge is -2.30. The van der Waals surface area contributed by atoms with E-state index in [0.717, 1.165) is 50.7 Å². The molecule has 6 heteroatoms. The van der Waals surface area contributed by atoms with E-state index in [4.69, 9.17) is 4.99 Å². The first-order chi connectivity index (χ1) is 13.6. The van der Waals surface area contributed by atoms with Gasteiger partial charge in [-0.1, -0.05) is 31.2 Å². The number of hydrogen-bond donors (Lipinski definition) is 3. The number of aliphatic hydroxyl groups is 1. The van der Waals surface area contributed by atoms with Gasteiger partial charge in [0, 0.05) is 19.1 Å². The van der Waals surface area contributed by atoms with Crippen molar-refractivity contribution in [2.75, 3.05) is 19.6 Å². The number of nitrogens with zero attached hydrogens (tertiary/aromatic N) is 2. The maximum absolute atomic E-state index is 9.70. The van der Waals surface area contributed by atoms with Gasteiger partial charge in [-0.15, -0.1) is 24.0 Å². The van der Waals surface area contributed by atoms with Crippen molar-refractivity contribution in [3.8, 4) is 0 Å².